The third-order valence-corrected chi connectivity index (χ3v) is 5.88. The number of carbonyl (C=O) groups is 1. The van der Waals surface area contributed by atoms with Crippen molar-refractivity contribution < 1.29 is 9.21 Å². The lowest BCUT2D eigenvalue weighted by Gasteiger charge is -2.51. The van der Waals surface area contributed by atoms with Gasteiger partial charge in [0.25, 0.3) is 0 Å². The van der Waals surface area contributed by atoms with E-state index in [9.17, 15) is 4.79 Å². The molecule has 1 amide bonds. The monoisotopic (exact) mass is 353 g/mol. The lowest BCUT2D eigenvalue weighted by Crippen LogP contribution is -2.67. The molecule has 138 valence electrons. The number of likely N-dealkylation sites (tertiary alicyclic amines) is 1. The highest BCUT2D eigenvalue weighted by Gasteiger charge is 2.49. The van der Waals surface area contributed by atoms with Crippen LogP contribution in [-0.2, 0) is 11.3 Å². The minimum Gasteiger partial charge on any atom is -0.460 e. The molecule has 2 aromatic rings. The summed E-state index contributed by atoms with van der Waals surface area (Å²) < 4.78 is 6.04. The van der Waals surface area contributed by atoms with Crippen molar-refractivity contribution in [1.82, 2.24) is 14.7 Å². The van der Waals surface area contributed by atoms with Gasteiger partial charge >= 0.3 is 0 Å². The zero-order valence-electron chi connectivity index (χ0n) is 15.6. The molecule has 0 radical (unpaired) electrons. The molecule has 0 aliphatic carbocycles. The van der Waals surface area contributed by atoms with Crippen LogP contribution >= 0.6 is 0 Å². The van der Waals surface area contributed by atoms with Gasteiger partial charge in [-0.1, -0.05) is 30.3 Å². The Kier molecular flexibility index (Phi) is 4.59. The summed E-state index contributed by atoms with van der Waals surface area (Å²) in [5.41, 5.74) is 0.689. The minimum atomic E-state index is -0.393. The van der Waals surface area contributed by atoms with Crippen LogP contribution in [0.1, 0.15) is 19.1 Å². The molecule has 26 heavy (non-hydrogen) atoms. The van der Waals surface area contributed by atoms with Crippen LogP contribution in [0, 0.1) is 0 Å². The Hall–Kier alpha value is -2.11. The van der Waals surface area contributed by atoms with Crippen molar-refractivity contribution in [2.75, 3.05) is 39.8 Å². The van der Waals surface area contributed by atoms with Gasteiger partial charge in [-0.05, 0) is 32.5 Å². The van der Waals surface area contributed by atoms with E-state index >= 15 is 0 Å². The van der Waals surface area contributed by atoms with Crippen LogP contribution in [0.5, 0.6) is 0 Å². The number of benzene rings is 1. The van der Waals surface area contributed by atoms with Gasteiger partial charge in [0.15, 0.2) is 0 Å². The Morgan fingerprint density at radius 3 is 2.42 bits per heavy atom. The predicted molar refractivity (Wildman–Crippen MR) is 102 cm³/mol. The molecular formula is C21H27N3O2. The van der Waals surface area contributed by atoms with E-state index < -0.39 is 5.54 Å². The fourth-order valence-electron chi connectivity index (χ4n) is 3.86. The highest BCUT2D eigenvalue weighted by atomic mass is 16.3. The average Bonchev–Trinajstić information content (AvgIpc) is 3.14. The van der Waals surface area contributed by atoms with Gasteiger partial charge in [0, 0.05) is 38.3 Å². The van der Waals surface area contributed by atoms with Crippen molar-refractivity contribution in [3.05, 3.63) is 48.2 Å². The molecule has 1 atom stereocenters. The number of amides is 1. The number of hydrogen-bond acceptors (Lipinski definition) is 4. The standard InChI is InChI=1S/C21H27N3O2/c1-21(20(25)23-14-12-22(2)13-15-23)10-11-24(21)16-18-8-9-19(26-18)17-6-4-3-5-7-17/h3-9H,10-16H2,1-2H3. The summed E-state index contributed by atoms with van der Waals surface area (Å²) in [6.45, 7) is 7.29. The van der Waals surface area contributed by atoms with Crippen LogP contribution < -0.4 is 0 Å². The molecule has 0 bridgehead atoms. The first-order valence-electron chi connectivity index (χ1n) is 9.43. The van der Waals surface area contributed by atoms with Crippen LogP contribution in [0.2, 0.25) is 0 Å². The molecule has 2 saturated heterocycles. The van der Waals surface area contributed by atoms with Crippen molar-refractivity contribution in [2.45, 2.75) is 25.4 Å². The van der Waals surface area contributed by atoms with Gasteiger partial charge in [-0.15, -0.1) is 0 Å². The second-order valence-electron chi connectivity index (χ2n) is 7.67. The second-order valence-corrected chi connectivity index (χ2v) is 7.67. The van der Waals surface area contributed by atoms with Crippen molar-refractivity contribution in [3.63, 3.8) is 0 Å². The van der Waals surface area contributed by atoms with Crippen molar-refractivity contribution >= 4 is 5.91 Å². The summed E-state index contributed by atoms with van der Waals surface area (Å²) in [5, 5.41) is 0. The van der Waals surface area contributed by atoms with E-state index in [1.54, 1.807) is 0 Å². The number of piperazine rings is 1. The van der Waals surface area contributed by atoms with E-state index in [0.29, 0.717) is 6.54 Å². The molecule has 2 fully saturated rings. The Morgan fingerprint density at radius 2 is 1.77 bits per heavy atom. The number of hydrogen-bond donors (Lipinski definition) is 0. The smallest absolute Gasteiger partial charge is 0.242 e. The molecule has 2 aliphatic rings. The third-order valence-electron chi connectivity index (χ3n) is 5.88. The number of nitrogens with zero attached hydrogens (tertiary/aromatic N) is 3. The van der Waals surface area contributed by atoms with Crippen LogP contribution in [0.4, 0.5) is 0 Å². The highest BCUT2D eigenvalue weighted by molar-refractivity contribution is 5.87. The summed E-state index contributed by atoms with van der Waals surface area (Å²) in [6.07, 6.45) is 0.921. The molecule has 0 spiro atoms. The van der Waals surface area contributed by atoms with Crippen molar-refractivity contribution in [1.29, 1.82) is 0 Å². The first-order chi connectivity index (χ1) is 12.6. The topological polar surface area (TPSA) is 39.9 Å². The van der Waals surface area contributed by atoms with Crippen LogP contribution in [0.15, 0.2) is 46.9 Å². The fraction of sp³-hybridized carbons (Fsp3) is 0.476. The molecule has 2 aliphatic heterocycles. The molecule has 0 N–H and O–H groups in total. The van der Waals surface area contributed by atoms with Crippen molar-refractivity contribution in [2.24, 2.45) is 0 Å². The molecule has 5 nitrogen and oxygen atoms in total. The van der Waals surface area contributed by atoms with E-state index in [1.807, 2.05) is 47.4 Å². The summed E-state index contributed by atoms with van der Waals surface area (Å²) >= 11 is 0. The van der Waals surface area contributed by atoms with Gasteiger partial charge in [0.2, 0.25) is 5.91 Å². The van der Waals surface area contributed by atoms with Gasteiger partial charge in [-0.25, -0.2) is 0 Å². The lowest BCUT2D eigenvalue weighted by molar-refractivity contribution is -0.155. The second kappa shape index (κ2) is 6.89. The molecule has 3 heterocycles. The minimum absolute atomic E-state index is 0.270. The van der Waals surface area contributed by atoms with Crippen molar-refractivity contribution in [3.8, 4) is 11.3 Å². The zero-order chi connectivity index (χ0) is 18.1. The zero-order valence-corrected chi connectivity index (χ0v) is 15.6. The van der Waals surface area contributed by atoms with E-state index in [4.69, 9.17) is 4.42 Å². The SMILES string of the molecule is CN1CCN(C(=O)C2(C)CCN2Cc2ccc(-c3ccccc3)o2)CC1. The first-order valence-corrected chi connectivity index (χ1v) is 9.43. The normalized spacial score (nSPS) is 24.5. The van der Waals surface area contributed by atoms with Gasteiger partial charge in [0.05, 0.1) is 12.1 Å². The summed E-state index contributed by atoms with van der Waals surface area (Å²) in [5.74, 6) is 2.07. The maximum Gasteiger partial charge on any atom is 0.242 e. The summed E-state index contributed by atoms with van der Waals surface area (Å²) in [6, 6.07) is 14.2. The molecule has 1 aromatic carbocycles. The summed E-state index contributed by atoms with van der Waals surface area (Å²) in [7, 11) is 2.11. The predicted octanol–water partition coefficient (Wildman–Crippen LogP) is 2.69. The number of furan rings is 1. The van der Waals surface area contributed by atoms with E-state index in [2.05, 4.69) is 23.8 Å². The first kappa shape index (κ1) is 17.3. The Bertz CT molecular complexity index is 765. The number of likely N-dealkylation sites (N-methyl/N-ethyl adjacent to an activating group) is 1. The molecule has 1 unspecified atom stereocenters. The van der Waals surface area contributed by atoms with Gasteiger partial charge in [-0.2, -0.15) is 0 Å². The van der Waals surface area contributed by atoms with E-state index in [1.165, 1.54) is 0 Å². The fourth-order valence-corrected chi connectivity index (χ4v) is 3.86. The molecule has 0 saturated carbocycles. The molecular weight excluding hydrogens is 326 g/mol. The lowest BCUT2D eigenvalue weighted by atomic mass is 9.84. The largest absolute Gasteiger partial charge is 0.460 e. The number of rotatable bonds is 4. The molecule has 5 heteroatoms. The number of carbonyl (C=O) groups excluding carboxylic acids is 1. The molecule has 4 rings (SSSR count). The Morgan fingerprint density at radius 1 is 1.04 bits per heavy atom. The quantitative estimate of drug-likeness (QED) is 0.847. The molecule has 1 aromatic heterocycles. The van der Waals surface area contributed by atoms with Crippen LogP contribution in [0.25, 0.3) is 11.3 Å². The van der Waals surface area contributed by atoms with Crippen LogP contribution in [0.3, 0.4) is 0 Å². The van der Waals surface area contributed by atoms with Gasteiger partial charge < -0.3 is 14.2 Å². The average molecular weight is 353 g/mol. The Balaban J connectivity index is 1.42. The van der Waals surface area contributed by atoms with Crippen LogP contribution in [-0.4, -0.2) is 65.9 Å². The highest BCUT2D eigenvalue weighted by Crippen LogP contribution is 2.35. The Labute approximate surface area is 155 Å². The van der Waals surface area contributed by atoms with E-state index in [0.717, 1.165) is 56.2 Å². The van der Waals surface area contributed by atoms with E-state index in [-0.39, 0.29) is 5.91 Å². The summed E-state index contributed by atoms with van der Waals surface area (Å²) in [4.78, 5) is 19.6. The van der Waals surface area contributed by atoms with Gasteiger partial charge in [0.1, 0.15) is 11.5 Å². The third kappa shape index (κ3) is 3.17. The maximum absolute atomic E-state index is 13.1. The van der Waals surface area contributed by atoms with Gasteiger partial charge in [-0.3, -0.25) is 9.69 Å². The maximum atomic E-state index is 13.1.